The standard InChI is InChI=1S/C25H17F5N6O2/c26-17-6-3-15(4-7-17)1-2-16-5-10-21(32-12-16)25(29,30)24(22(31)23(37)38,13-36-14-33-34-35-36)19-9-8-18(27)11-20(19)28/h3-12,14,22H,13,31H2,(H,37,38). The van der Waals surface area contributed by atoms with Crippen molar-refractivity contribution in [2.24, 2.45) is 5.73 Å². The van der Waals surface area contributed by atoms with E-state index in [0.29, 0.717) is 23.8 Å². The van der Waals surface area contributed by atoms with Gasteiger partial charge in [-0.3, -0.25) is 9.78 Å². The van der Waals surface area contributed by atoms with Gasteiger partial charge in [0.2, 0.25) is 0 Å². The molecule has 0 amide bonds. The second kappa shape index (κ2) is 10.3. The molecule has 0 fully saturated rings. The van der Waals surface area contributed by atoms with Crippen molar-refractivity contribution in [3.63, 3.8) is 0 Å². The van der Waals surface area contributed by atoms with Crippen LogP contribution in [0.15, 0.2) is 67.1 Å². The number of carbonyl (C=O) groups is 1. The third kappa shape index (κ3) is 4.94. The van der Waals surface area contributed by atoms with Crippen LogP contribution in [-0.2, 0) is 22.7 Å². The van der Waals surface area contributed by atoms with E-state index in [-0.39, 0.29) is 5.56 Å². The number of aromatic nitrogens is 5. The molecule has 8 nitrogen and oxygen atoms in total. The summed E-state index contributed by atoms with van der Waals surface area (Å²) in [4.78, 5) is 15.8. The largest absolute Gasteiger partial charge is 0.480 e. The zero-order valence-electron chi connectivity index (χ0n) is 19.2. The van der Waals surface area contributed by atoms with E-state index in [2.05, 4.69) is 32.4 Å². The van der Waals surface area contributed by atoms with E-state index in [1.165, 1.54) is 30.3 Å². The Morgan fingerprint density at radius 2 is 1.66 bits per heavy atom. The first-order valence-electron chi connectivity index (χ1n) is 10.8. The molecule has 2 unspecified atom stereocenters. The van der Waals surface area contributed by atoms with Gasteiger partial charge in [0.1, 0.15) is 40.9 Å². The van der Waals surface area contributed by atoms with Crippen LogP contribution in [0.4, 0.5) is 22.0 Å². The van der Waals surface area contributed by atoms with Gasteiger partial charge < -0.3 is 10.8 Å². The third-order valence-corrected chi connectivity index (χ3v) is 5.85. The van der Waals surface area contributed by atoms with E-state index >= 15 is 13.2 Å². The number of nitrogens with zero attached hydrogens (tertiary/aromatic N) is 5. The Morgan fingerprint density at radius 3 is 2.24 bits per heavy atom. The van der Waals surface area contributed by atoms with Gasteiger partial charge in [-0.2, -0.15) is 8.78 Å². The minimum absolute atomic E-state index is 0.204. The number of benzene rings is 2. The summed E-state index contributed by atoms with van der Waals surface area (Å²) in [5.41, 5.74) is 1.58. The Bertz CT molecular complexity index is 1500. The summed E-state index contributed by atoms with van der Waals surface area (Å²) in [6, 6.07) is 6.67. The van der Waals surface area contributed by atoms with Crippen LogP contribution in [-0.4, -0.2) is 42.3 Å². The second-order valence-corrected chi connectivity index (χ2v) is 8.18. The van der Waals surface area contributed by atoms with Crippen molar-refractivity contribution in [3.05, 3.63) is 107 Å². The molecule has 0 aliphatic heterocycles. The summed E-state index contributed by atoms with van der Waals surface area (Å²) < 4.78 is 75.5. The number of aliphatic carboxylic acids is 1. The number of hydrogen-bond donors (Lipinski definition) is 2. The Balaban J connectivity index is 1.85. The lowest BCUT2D eigenvalue weighted by atomic mass is 9.67. The van der Waals surface area contributed by atoms with E-state index in [1.807, 2.05) is 0 Å². The molecule has 2 atom stereocenters. The van der Waals surface area contributed by atoms with Crippen LogP contribution in [0, 0.1) is 29.3 Å². The first kappa shape index (κ1) is 26.4. The molecule has 194 valence electrons. The molecule has 2 aromatic heterocycles. The first-order valence-corrected chi connectivity index (χ1v) is 10.8. The quantitative estimate of drug-likeness (QED) is 0.280. The number of carboxylic acid groups (broad SMARTS) is 1. The maximum absolute atomic E-state index is 16.4. The van der Waals surface area contributed by atoms with Crippen molar-refractivity contribution in [1.29, 1.82) is 0 Å². The van der Waals surface area contributed by atoms with E-state index in [1.54, 1.807) is 0 Å². The van der Waals surface area contributed by atoms with Crippen LogP contribution in [0.1, 0.15) is 22.4 Å². The van der Waals surface area contributed by atoms with Crippen LogP contribution >= 0.6 is 0 Å². The minimum Gasteiger partial charge on any atom is -0.480 e. The van der Waals surface area contributed by atoms with Crippen molar-refractivity contribution in [2.45, 2.75) is 23.9 Å². The van der Waals surface area contributed by atoms with E-state index < -0.39 is 58.6 Å². The zero-order chi connectivity index (χ0) is 27.5. The highest BCUT2D eigenvalue weighted by Gasteiger charge is 2.63. The molecule has 4 rings (SSSR count). The summed E-state index contributed by atoms with van der Waals surface area (Å²) in [5.74, 6) is -3.71. The number of hydrogen-bond acceptors (Lipinski definition) is 6. The summed E-state index contributed by atoms with van der Waals surface area (Å²) in [6.07, 6.45) is 1.93. The topological polar surface area (TPSA) is 120 Å². The Morgan fingerprint density at radius 1 is 1.00 bits per heavy atom. The number of pyridine rings is 1. The molecular formula is C25H17F5N6O2. The summed E-state index contributed by atoms with van der Waals surface area (Å²) >= 11 is 0. The van der Waals surface area contributed by atoms with Gasteiger partial charge in [0.05, 0.1) is 6.54 Å². The summed E-state index contributed by atoms with van der Waals surface area (Å²) in [7, 11) is 0. The molecule has 0 saturated heterocycles. The number of tetrazole rings is 1. The molecule has 0 spiro atoms. The van der Waals surface area contributed by atoms with Crippen LogP contribution in [0.2, 0.25) is 0 Å². The minimum atomic E-state index is -4.27. The average molecular weight is 528 g/mol. The third-order valence-electron chi connectivity index (χ3n) is 5.85. The zero-order valence-corrected chi connectivity index (χ0v) is 19.2. The lowest BCUT2D eigenvalue weighted by Gasteiger charge is -2.42. The van der Waals surface area contributed by atoms with Gasteiger partial charge in [-0.15, -0.1) is 5.10 Å². The molecule has 0 aliphatic carbocycles. The van der Waals surface area contributed by atoms with Gasteiger partial charge >= 0.3 is 11.9 Å². The molecule has 4 aromatic rings. The first-order chi connectivity index (χ1) is 18.0. The highest BCUT2D eigenvalue weighted by atomic mass is 19.3. The lowest BCUT2D eigenvalue weighted by molar-refractivity contribution is -0.154. The molecule has 0 saturated carbocycles. The number of carboxylic acids is 1. The Hall–Kier alpha value is -4.70. The Labute approximate surface area is 211 Å². The Kier molecular flexibility index (Phi) is 7.18. The van der Waals surface area contributed by atoms with Crippen LogP contribution in [0.25, 0.3) is 0 Å². The molecule has 3 N–H and O–H groups in total. The fraction of sp³-hybridized carbons (Fsp3) is 0.160. The second-order valence-electron chi connectivity index (χ2n) is 8.18. The normalized spacial score (nSPS) is 13.7. The predicted molar refractivity (Wildman–Crippen MR) is 122 cm³/mol. The maximum Gasteiger partial charge on any atom is 0.321 e. The van der Waals surface area contributed by atoms with Gasteiger partial charge in [0.15, 0.2) is 0 Å². The van der Waals surface area contributed by atoms with Crippen molar-refractivity contribution >= 4 is 5.97 Å². The van der Waals surface area contributed by atoms with E-state index in [9.17, 15) is 18.7 Å². The molecular weight excluding hydrogens is 511 g/mol. The van der Waals surface area contributed by atoms with Crippen LogP contribution in [0.5, 0.6) is 0 Å². The number of nitrogens with two attached hydrogens (primary N) is 1. The number of alkyl halides is 2. The molecule has 2 heterocycles. The maximum atomic E-state index is 16.4. The lowest BCUT2D eigenvalue weighted by Crippen LogP contribution is -2.62. The van der Waals surface area contributed by atoms with Gasteiger partial charge in [-0.05, 0) is 52.9 Å². The highest BCUT2D eigenvalue weighted by molar-refractivity contribution is 5.76. The van der Waals surface area contributed by atoms with E-state index in [0.717, 1.165) is 23.3 Å². The van der Waals surface area contributed by atoms with Crippen LogP contribution < -0.4 is 5.73 Å². The van der Waals surface area contributed by atoms with Gasteiger partial charge in [0, 0.05) is 29.0 Å². The fourth-order valence-electron chi connectivity index (χ4n) is 3.94. The molecule has 2 aromatic carbocycles. The summed E-state index contributed by atoms with van der Waals surface area (Å²) in [5, 5.41) is 19.9. The summed E-state index contributed by atoms with van der Waals surface area (Å²) in [6.45, 7) is -1.00. The van der Waals surface area contributed by atoms with Crippen molar-refractivity contribution in [3.8, 4) is 11.8 Å². The van der Waals surface area contributed by atoms with Gasteiger partial charge in [0.25, 0.3) is 0 Å². The average Bonchev–Trinajstić information content (AvgIpc) is 3.40. The van der Waals surface area contributed by atoms with Crippen molar-refractivity contribution in [2.75, 3.05) is 0 Å². The fourth-order valence-corrected chi connectivity index (χ4v) is 3.94. The van der Waals surface area contributed by atoms with Crippen molar-refractivity contribution < 1.29 is 31.9 Å². The van der Waals surface area contributed by atoms with Crippen molar-refractivity contribution in [1.82, 2.24) is 25.2 Å². The smallest absolute Gasteiger partial charge is 0.321 e. The number of halogens is 5. The van der Waals surface area contributed by atoms with Gasteiger partial charge in [-0.25, -0.2) is 17.9 Å². The molecule has 38 heavy (non-hydrogen) atoms. The SMILES string of the molecule is NC(C(=O)O)C(Cn1cnnn1)(c1ccc(F)cc1F)C(F)(F)c1ccc(C#Cc2ccc(F)cc2)cn1. The molecule has 0 aliphatic rings. The number of rotatable bonds is 7. The highest BCUT2D eigenvalue weighted by Crippen LogP contribution is 2.50. The molecule has 0 radical (unpaired) electrons. The van der Waals surface area contributed by atoms with Gasteiger partial charge in [-0.1, -0.05) is 17.9 Å². The van der Waals surface area contributed by atoms with E-state index in [4.69, 9.17) is 5.73 Å². The molecule has 13 heteroatoms. The molecule has 0 bridgehead atoms. The van der Waals surface area contributed by atoms with Crippen LogP contribution in [0.3, 0.4) is 0 Å². The predicted octanol–water partition coefficient (Wildman–Crippen LogP) is 3.03. The monoisotopic (exact) mass is 528 g/mol.